The smallest absolute Gasteiger partial charge is 0.183 e. The first-order valence-corrected chi connectivity index (χ1v) is 6.76. The first-order chi connectivity index (χ1) is 8.65. The second-order valence-corrected chi connectivity index (χ2v) is 5.05. The molecule has 0 unspecified atom stereocenters. The average molecular weight is 260 g/mol. The minimum Gasteiger partial charge on any atom is -0.365 e. The molecule has 2 aromatic rings. The molecule has 0 aliphatic heterocycles. The molecule has 0 bridgehead atoms. The van der Waals surface area contributed by atoms with Crippen molar-refractivity contribution in [1.29, 1.82) is 0 Å². The SMILES string of the molecule is CCc1ccc(-c2sc(NC)nc2C(C)=O)cc1. The number of aromatic nitrogens is 1. The first-order valence-electron chi connectivity index (χ1n) is 5.94. The Morgan fingerprint density at radius 2 is 2.00 bits per heavy atom. The van der Waals surface area contributed by atoms with E-state index in [2.05, 4.69) is 41.5 Å². The molecule has 1 heterocycles. The van der Waals surface area contributed by atoms with Gasteiger partial charge in [0, 0.05) is 14.0 Å². The maximum atomic E-state index is 11.6. The van der Waals surface area contributed by atoms with Gasteiger partial charge in [-0.25, -0.2) is 4.98 Å². The normalized spacial score (nSPS) is 10.4. The third-order valence-corrected chi connectivity index (χ3v) is 3.92. The van der Waals surface area contributed by atoms with Crippen LogP contribution in [0.4, 0.5) is 5.13 Å². The van der Waals surface area contributed by atoms with Crippen molar-refractivity contribution in [2.24, 2.45) is 0 Å². The number of hydrogen-bond donors (Lipinski definition) is 1. The topological polar surface area (TPSA) is 42.0 Å². The molecule has 94 valence electrons. The van der Waals surface area contributed by atoms with E-state index in [1.807, 2.05) is 7.05 Å². The minimum atomic E-state index is 0.00215. The molecule has 0 saturated heterocycles. The lowest BCUT2D eigenvalue weighted by Crippen LogP contribution is -1.96. The number of Topliss-reactive ketones (excluding diaryl/α,β-unsaturated/α-hetero) is 1. The molecule has 0 aliphatic rings. The number of carbonyl (C=O) groups excluding carboxylic acids is 1. The van der Waals surface area contributed by atoms with Gasteiger partial charge in [0.15, 0.2) is 10.9 Å². The van der Waals surface area contributed by atoms with Crippen LogP contribution in [0.2, 0.25) is 0 Å². The van der Waals surface area contributed by atoms with Crippen LogP contribution in [0, 0.1) is 0 Å². The average Bonchev–Trinajstić information content (AvgIpc) is 2.83. The Morgan fingerprint density at radius 1 is 1.33 bits per heavy atom. The lowest BCUT2D eigenvalue weighted by atomic mass is 10.1. The van der Waals surface area contributed by atoms with Crippen LogP contribution in [0.3, 0.4) is 0 Å². The van der Waals surface area contributed by atoms with Gasteiger partial charge in [-0.05, 0) is 17.5 Å². The second-order valence-electron chi connectivity index (χ2n) is 4.05. The Kier molecular flexibility index (Phi) is 3.77. The molecule has 0 radical (unpaired) electrons. The molecule has 0 spiro atoms. The van der Waals surface area contributed by atoms with Gasteiger partial charge >= 0.3 is 0 Å². The van der Waals surface area contributed by atoms with Crippen LogP contribution in [0.5, 0.6) is 0 Å². The number of nitrogens with zero attached hydrogens (tertiary/aromatic N) is 1. The summed E-state index contributed by atoms with van der Waals surface area (Å²) in [5, 5.41) is 3.76. The zero-order valence-electron chi connectivity index (χ0n) is 10.8. The fourth-order valence-corrected chi connectivity index (χ4v) is 2.73. The van der Waals surface area contributed by atoms with Gasteiger partial charge in [0.2, 0.25) is 0 Å². The van der Waals surface area contributed by atoms with Crippen LogP contribution < -0.4 is 5.32 Å². The lowest BCUT2D eigenvalue weighted by molar-refractivity contribution is 0.101. The largest absolute Gasteiger partial charge is 0.365 e. The molecule has 2 rings (SSSR count). The van der Waals surface area contributed by atoms with Gasteiger partial charge in [-0.1, -0.05) is 42.5 Å². The zero-order valence-corrected chi connectivity index (χ0v) is 11.6. The highest BCUT2D eigenvalue weighted by molar-refractivity contribution is 7.19. The highest BCUT2D eigenvalue weighted by Crippen LogP contribution is 2.33. The second kappa shape index (κ2) is 5.31. The molecule has 1 aromatic heterocycles. The molecule has 18 heavy (non-hydrogen) atoms. The monoisotopic (exact) mass is 260 g/mol. The van der Waals surface area contributed by atoms with Crippen molar-refractivity contribution in [3.05, 3.63) is 35.5 Å². The summed E-state index contributed by atoms with van der Waals surface area (Å²) in [7, 11) is 1.81. The van der Waals surface area contributed by atoms with Crippen LogP contribution in [0.1, 0.15) is 29.9 Å². The van der Waals surface area contributed by atoms with Gasteiger partial charge < -0.3 is 5.32 Å². The van der Waals surface area contributed by atoms with Gasteiger partial charge in [0.25, 0.3) is 0 Å². The Hall–Kier alpha value is -1.68. The van der Waals surface area contributed by atoms with E-state index in [1.165, 1.54) is 16.9 Å². The number of carbonyl (C=O) groups is 1. The quantitative estimate of drug-likeness (QED) is 0.854. The van der Waals surface area contributed by atoms with Crippen molar-refractivity contribution in [1.82, 2.24) is 4.98 Å². The third kappa shape index (κ3) is 2.43. The minimum absolute atomic E-state index is 0.00215. The summed E-state index contributed by atoms with van der Waals surface area (Å²) in [5.41, 5.74) is 2.89. The third-order valence-electron chi connectivity index (χ3n) is 2.80. The number of ketones is 1. The number of benzene rings is 1. The fourth-order valence-electron chi connectivity index (χ4n) is 1.75. The Balaban J connectivity index is 2.47. The van der Waals surface area contributed by atoms with Crippen molar-refractivity contribution in [2.45, 2.75) is 20.3 Å². The van der Waals surface area contributed by atoms with Crippen LogP contribution in [0.15, 0.2) is 24.3 Å². The number of thiazole rings is 1. The molecule has 3 nitrogen and oxygen atoms in total. The van der Waals surface area contributed by atoms with Crippen LogP contribution in [-0.2, 0) is 6.42 Å². The molecule has 0 amide bonds. The number of anilines is 1. The van der Waals surface area contributed by atoms with Crippen LogP contribution in [0.25, 0.3) is 10.4 Å². The van der Waals surface area contributed by atoms with Gasteiger partial charge in [0.1, 0.15) is 5.69 Å². The van der Waals surface area contributed by atoms with Crippen LogP contribution >= 0.6 is 11.3 Å². The molecule has 4 heteroatoms. The summed E-state index contributed by atoms with van der Waals surface area (Å²) >= 11 is 1.51. The van der Waals surface area contributed by atoms with Gasteiger partial charge in [0.05, 0.1) is 4.88 Å². The predicted molar refractivity (Wildman–Crippen MR) is 76.5 cm³/mol. The fraction of sp³-hybridized carbons (Fsp3) is 0.286. The summed E-state index contributed by atoms with van der Waals surface area (Å²) in [5.74, 6) is 0.00215. The lowest BCUT2D eigenvalue weighted by Gasteiger charge is -2.01. The molecule has 1 aromatic carbocycles. The van der Waals surface area contributed by atoms with Crippen molar-refractivity contribution in [3.8, 4) is 10.4 Å². The van der Waals surface area contributed by atoms with E-state index in [9.17, 15) is 4.79 Å². The zero-order chi connectivity index (χ0) is 13.1. The molecular formula is C14H16N2OS. The van der Waals surface area contributed by atoms with Gasteiger partial charge in [-0.15, -0.1) is 0 Å². The van der Waals surface area contributed by atoms with Gasteiger partial charge in [-0.3, -0.25) is 4.79 Å². The Morgan fingerprint density at radius 3 is 2.50 bits per heavy atom. The Labute approximate surface area is 111 Å². The van der Waals surface area contributed by atoms with E-state index in [0.717, 1.165) is 22.0 Å². The summed E-state index contributed by atoms with van der Waals surface area (Å²) < 4.78 is 0. The van der Waals surface area contributed by atoms with E-state index in [1.54, 1.807) is 6.92 Å². The molecule has 0 aliphatic carbocycles. The Bertz CT molecular complexity index is 558. The van der Waals surface area contributed by atoms with Crippen molar-refractivity contribution >= 4 is 22.3 Å². The molecule has 0 saturated carbocycles. The van der Waals surface area contributed by atoms with Crippen LogP contribution in [-0.4, -0.2) is 17.8 Å². The number of aryl methyl sites for hydroxylation is 1. The van der Waals surface area contributed by atoms with Crippen molar-refractivity contribution in [2.75, 3.05) is 12.4 Å². The first kappa shape index (κ1) is 12.8. The highest BCUT2D eigenvalue weighted by atomic mass is 32.1. The molecule has 1 N–H and O–H groups in total. The van der Waals surface area contributed by atoms with E-state index < -0.39 is 0 Å². The van der Waals surface area contributed by atoms with Crippen molar-refractivity contribution < 1.29 is 4.79 Å². The molecule has 0 fully saturated rings. The molecule has 0 atom stereocenters. The molecular weight excluding hydrogens is 244 g/mol. The van der Waals surface area contributed by atoms with Crippen molar-refractivity contribution in [3.63, 3.8) is 0 Å². The predicted octanol–water partition coefficient (Wildman–Crippen LogP) is 3.62. The van der Waals surface area contributed by atoms with E-state index >= 15 is 0 Å². The summed E-state index contributed by atoms with van der Waals surface area (Å²) in [6.07, 6.45) is 1.02. The summed E-state index contributed by atoms with van der Waals surface area (Å²) in [6, 6.07) is 8.30. The highest BCUT2D eigenvalue weighted by Gasteiger charge is 2.15. The van der Waals surface area contributed by atoms with E-state index in [-0.39, 0.29) is 5.78 Å². The number of nitrogens with one attached hydrogen (secondary N) is 1. The van der Waals surface area contributed by atoms with Gasteiger partial charge in [-0.2, -0.15) is 0 Å². The maximum Gasteiger partial charge on any atom is 0.183 e. The summed E-state index contributed by atoms with van der Waals surface area (Å²) in [6.45, 7) is 3.68. The maximum absolute atomic E-state index is 11.6. The van der Waals surface area contributed by atoms with E-state index in [0.29, 0.717) is 5.69 Å². The summed E-state index contributed by atoms with van der Waals surface area (Å²) in [4.78, 5) is 16.9. The standard InChI is InChI=1S/C14H16N2OS/c1-4-10-5-7-11(8-6-10)13-12(9(2)17)16-14(15-3)18-13/h5-8H,4H2,1-3H3,(H,15,16). The number of rotatable bonds is 4. The number of hydrogen-bond acceptors (Lipinski definition) is 4. The van der Waals surface area contributed by atoms with E-state index in [4.69, 9.17) is 0 Å².